The molecule has 114 valence electrons. The van der Waals surface area contributed by atoms with Crippen LogP contribution in [0.3, 0.4) is 0 Å². The molecule has 1 heterocycles. The first kappa shape index (κ1) is 15.5. The number of hydrogen-bond donors (Lipinski definition) is 0. The summed E-state index contributed by atoms with van der Waals surface area (Å²) in [6.45, 7) is 5.64. The quantitative estimate of drug-likeness (QED) is 0.855. The van der Waals surface area contributed by atoms with Crippen LogP contribution in [0.1, 0.15) is 39.2 Å². The van der Waals surface area contributed by atoms with Crippen molar-refractivity contribution in [2.75, 3.05) is 0 Å². The molecule has 2 rings (SSSR count). The number of ether oxygens (including phenoxy) is 1. The zero-order chi connectivity index (χ0) is 15.4. The summed E-state index contributed by atoms with van der Waals surface area (Å²) in [5, 5.41) is 0. The molecule has 2 atom stereocenters. The summed E-state index contributed by atoms with van der Waals surface area (Å²) in [5.41, 5.74) is 1.06. The number of hydrogen-bond acceptors (Lipinski definition) is 3. The van der Waals surface area contributed by atoms with Crippen molar-refractivity contribution in [3.63, 3.8) is 0 Å². The Hall–Kier alpha value is -1.84. The normalized spacial score (nSPS) is 21.9. The first-order valence-electron chi connectivity index (χ1n) is 7.58. The van der Waals surface area contributed by atoms with Crippen LogP contribution in [0.4, 0.5) is 4.79 Å². The number of benzene rings is 1. The average molecular weight is 289 g/mol. The summed E-state index contributed by atoms with van der Waals surface area (Å²) in [6, 6.07) is 9.36. The maximum absolute atomic E-state index is 12.3. The Morgan fingerprint density at radius 3 is 2.57 bits per heavy atom. The standard InChI is InChI=1S/C17H23NO3/c1-4-14-11-16(19)15(10-13-8-6-5-7-9-13)18(14)17(20)21-12(2)3/h5-9,12,14-15H,4,10-11H2,1-3H3/t14-,15+/m1/s1. The minimum atomic E-state index is -0.399. The minimum absolute atomic E-state index is 0.0440. The van der Waals surface area contributed by atoms with E-state index in [1.807, 2.05) is 51.1 Å². The molecular formula is C17H23NO3. The number of ketones is 1. The van der Waals surface area contributed by atoms with Crippen molar-refractivity contribution in [2.24, 2.45) is 0 Å². The Kier molecular flexibility index (Phi) is 4.99. The van der Waals surface area contributed by atoms with Gasteiger partial charge in [0.1, 0.15) is 0 Å². The first-order chi connectivity index (χ1) is 10.0. The summed E-state index contributed by atoms with van der Waals surface area (Å²) in [5.74, 6) is 0.131. The van der Waals surface area contributed by atoms with Crippen molar-refractivity contribution in [2.45, 2.75) is 58.2 Å². The van der Waals surface area contributed by atoms with Gasteiger partial charge in [-0.05, 0) is 25.8 Å². The second kappa shape index (κ2) is 6.74. The number of rotatable bonds is 4. The molecule has 0 spiro atoms. The van der Waals surface area contributed by atoms with Gasteiger partial charge < -0.3 is 4.74 Å². The third-order valence-corrected chi connectivity index (χ3v) is 3.83. The lowest BCUT2D eigenvalue weighted by Crippen LogP contribution is -2.44. The molecule has 0 unspecified atom stereocenters. The molecule has 4 heteroatoms. The molecule has 1 aliphatic rings. The van der Waals surface area contributed by atoms with Gasteiger partial charge in [0, 0.05) is 18.9 Å². The summed E-state index contributed by atoms with van der Waals surface area (Å²) in [4.78, 5) is 26.3. The summed E-state index contributed by atoms with van der Waals surface area (Å²) in [6.07, 6.45) is 1.21. The van der Waals surface area contributed by atoms with Crippen LogP contribution in [-0.2, 0) is 16.0 Å². The van der Waals surface area contributed by atoms with Crippen LogP contribution < -0.4 is 0 Å². The lowest BCUT2D eigenvalue weighted by molar-refractivity contribution is -0.119. The molecule has 1 aromatic carbocycles. The minimum Gasteiger partial charge on any atom is -0.447 e. The third-order valence-electron chi connectivity index (χ3n) is 3.83. The zero-order valence-corrected chi connectivity index (χ0v) is 12.9. The number of carbonyl (C=O) groups excluding carboxylic acids is 2. The van der Waals surface area contributed by atoms with Crippen LogP contribution in [0, 0.1) is 0 Å². The van der Waals surface area contributed by atoms with E-state index >= 15 is 0 Å². The summed E-state index contributed by atoms with van der Waals surface area (Å²) >= 11 is 0. The van der Waals surface area contributed by atoms with E-state index < -0.39 is 6.04 Å². The van der Waals surface area contributed by atoms with E-state index in [-0.39, 0.29) is 24.0 Å². The smallest absolute Gasteiger partial charge is 0.410 e. The maximum atomic E-state index is 12.3. The van der Waals surface area contributed by atoms with Crippen LogP contribution >= 0.6 is 0 Å². The van der Waals surface area contributed by atoms with E-state index in [9.17, 15) is 9.59 Å². The number of Topliss-reactive ketones (excluding diaryl/α,β-unsaturated/α-hetero) is 1. The van der Waals surface area contributed by atoms with Crippen LogP contribution in [0.2, 0.25) is 0 Å². The van der Waals surface area contributed by atoms with Crippen molar-refractivity contribution in [3.8, 4) is 0 Å². The topological polar surface area (TPSA) is 46.6 Å². The fourth-order valence-electron chi connectivity index (χ4n) is 2.81. The van der Waals surface area contributed by atoms with E-state index in [0.29, 0.717) is 12.8 Å². The van der Waals surface area contributed by atoms with Crippen molar-refractivity contribution >= 4 is 11.9 Å². The molecule has 0 bridgehead atoms. The molecule has 0 aromatic heterocycles. The van der Waals surface area contributed by atoms with Gasteiger partial charge in [-0.25, -0.2) is 4.79 Å². The van der Waals surface area contributed by atoms with Gasteiger partial charge in [-0.15, -0.1) is 0 Å². The van der Waals surface area contributed by atoms with Gasteiger partial charge in [0.2, 0.25) is 0 Å². The molecular weight excluding hydrogens is 266 g/mol. The zero-order valence-electron chi connectivity index (χ0n) is 12.9. The molecule has 1 aromatic rings. The Morgan fingerprint density at radius 2 is 2.00 bits per heavy atom. The molecule has 21 heavy (non-hydrogen) atoms. The van der Waals surface area contributed by atoms with E-state index in [1.54, 1.807) is 4.90 Å². The second-order valence-corrected chi connectivity index (χ2v) is 5.78. The van der Waals surface area contributed by atoms with E-state index in [0.717, 1.165) is 12.0 Å². The highest BCUT2D eigenvalue weighted by Gasteiger charge is 2.43. The first-order valence-corrected chi connectivity index (χ1v) is 7.58. The number of nitrogens with zero attached hydrogens (tertiary/aromatic N) is 1. The maximum Gasteiger partial charge on any atom is 0.410 e. The molecule has 0 aliphatic carbocycles. The second-order valence-electron chi connectivity index (χ2n) is 5.78. The van der Waals surface area contributed by atoms with Crippen LogP contribution in [0.15, 0.2) is 30.3 Å². The van der Waals surface area contributed by atoms with E-state index in [2.05, 4.69) is 0 Å². The molecule has 0 N–H and O–H groups in total. The predicted octanol–water partition coefficient (Wildman–Crippen LogP) is 3.20. The highest BCUT2D eigenvalue weighted by atomic mass is 16.6. The van der Waals surface area contributed by atoms with Crippen molar-refractivity contribution in [1.29, 1.82) is 0 Å². The van der Waals surface area contributed by atoms with Gasteiger partial charge in [0.25, 0.3) is 0 Å². The van der Waals surface area contributed by atoms with Gasteiger partial charge >= 0.3 is 6.09 Å². The fraction of sp³-hybridized carbons (Fsp3) is 0.529. The van der Waals surface area contributed by atoms with Crippen LogP contribution in [0.25, 0.3) is 0 Å². The van der Waals surface area contributed by atoms with Crippen molar-refractivity contribution < 1.29 is 14.3 Å². The van der Waals surface area contributed by atoms with Gasteiger partial charge in [-0.1, -0.05) is 37.3 Å². The molecule has 1 saturated heterocycles. The SMILES string of the molecule is CC[C@@H]1CC(=O)[C@H](Cc2ccccc2)N1C(=O)OC(C)C. The van der Waals surface area contributed by atoms with Gasteiger partial charge in [-0.2, -0.15) is 0 Å². The van der Waals surface area contributed by atoms with Crippen molar-refractivity contribution in [3.05, 3.63) is 35.9 Å². The summed E-state index contributed by atoms with van der Waals surface area (Å²) in [7, 11) is 0. The Balaban J connectivity index is 2.19. The average Bonchev–Trinajstić information content (AvgIpc) is 2.76. The lowest BCUT2D eigenvalue weighted by atomic mass is 10.0. The third kappa shape index (κ3) is 3.63. The Labute approximate surface area is 126 Å². The molecule has 4 nitrogen and oxygen atoms in total. The largest absolute Gasteiger partial charge is 0.447 e. The van der Waals surface area contributed by atoms with Gasteiger partial charge in [-0.3, -0.25) is 9.69 Å². The molecule has 0 radical (unpaired) electrons. The number of carbonyl (C=O) groups is 2. The highest BCUT2D eigenvalue weighted by molar-refractivity contribution is 5.91. The molecule has 1 amide bonds. The van der Waals surface area contributed by atoms with Gasteiger partial charge in [0.15, 0.2) is 5.78 Å². The molecule has 1 fully saturated rings. The monoisotopic (exact) mass is 289 g/mol. The van der Waals surface area contributed by atoms with Gasteiger partial charge in [0.05, 0.1) is 12.1 Å². The van der Waals surface area contributed by atoms with Crippen LogP contribution in [-0.4, -0.2) is 35.0 Å². The summed E-state index contributed by atoms with van der Waals surface area (Å²) < 4.78 is 5.32. The fourth-order valence-corrected chi connectivity index (χ4v) is 2.81. The van der Waals surface area contributed by atoms with E-state index in [4.69, 9.17) is 4.74 Å². The number of amides is 1. The molecule has 1 aliphatic heterocycles. The molecule has 0 saturated carbocycles. The van der Waals surface area contributed by atoms with Crippen LogP contribution in [0.5, 0.6) is 0 Å². The number of likely N-dealkylation sites (tertiary alicyclic amines) is 1. The lowest BCUT2D eigenvalue weighted by Gasteiger charge is -2.28. The highest BCUT2D eigenvalue weighted by Crippen LogP contribution is 2.27. The predicted molar refractivity (Wildman–Crippen MR) is 81.1 cm³/mol. The van der Waals surface area contributed by atoms with Crippen molar-refractivity contribution in [1.82, 2.24) is 4.90 Å². The van der Waals surface area contributed by atoms with E-state index in [1.165, 1.54) is 0 Å². The Bertz CT molecular complexity index is 498. The Morgan fingerprint density at radius 1 is 1.33 bits per heavy atom.